The van der Waals surface area contributed by atoms with Crippen molar-refractivity contribution in [1.29, 1.82) is 0 Å². The van der Waals surface area contributed by atoms with Crippen LogP contribution in [0.2, 0.25) is 0 Å². The highest BCUT2D eigenvalue weighted by Gasteiger charge is 2.06. The van der Waals surface area contributed by atoms with E-state index in [9.17, 15) is 0 Å². The van der Waals surface area contributed by atoms with E-state index in [2.05, 4.69) is 10.3 Å². The smallest absolute Gasteiger partial charge is 0.151 e. The van der Waals surface area contributed by atoms with E-state index < -0.39 is 0 Å². The molecule has 0 aliphatic carbocycles. The number of imidazole rings is 1. The van der Waals surface area contributed by atoms with Crippen LogP contribution < -0.4 is 10.1 Å². The lowest BCUT2D eigenvalue weighted by molar-refractivity contribution is 0.293. The van der Waals surface area contributed by atoms with Crippen molar-refractivity contribution < 1.29 is 4.74 Å². The summed E-state index contributed by atoms with van der Waals surface area (Å²) in [5.74, 6) is 1.79. The fourth-order valence-electron chi connectivity index (χ4n) is 2.16. The molecule has 0 aliphatic heterocycles. The average Bonchev–Trinajstić information content (AvgIpc) is 2.88. The number of rotatable bonds is 4. The molecule has 0 amide bonds. The Morgan fingerprint density at radius 1 is 1.20 bits per heavy atom. The summed E-state index contributed by atoms with van der Waals surface area (Å²) in [5, 5.41) is 3.13. The summed E-state index contributed by atoms with van der Waals surface area (Å²) < 4.78 is 7.90. The zero-order chi connectivity index (χ0) is 13.9. The van der Waals surface area contributed by atoms with Crippen molar-refractivity contribution >= 4 is 11.2 Å². The van der Waals surface area contributed by atoms with Gasteiger partial charge in [-0.1, -0.05) is 18.2 Å². The Bertz CT molecular complexity index is 733. The third-order valence-corrected chi connectivity index (χ3v) is 3.34. The van der Waals surface area contributed by atoms with Crippen LogP contribution in [0.4, 0.5) is 5.69 Å². The predicted molar refractivity (Wildman–Crippen MR) is 80.2 cm³/mol. The third-order valence-electron chi connectivity index (χ3n) is 3.34. The number of anilines is 1. The van der Waals surface area contributed by atoms with Crippen molar-refractivity contribution in [3.63, 3.8) is 0 Å². The van der Waals surface area contributed by atoms with Gasteiger partial charge >= 0.3 is 0 Å². The quantitative estimate of drug-likeness (QED) is 0.788. The second-order valence-corrected chi connectivity index (χ2v) is 4.69. The molecule has 0 saturated heterocycles. The van der Waals surface area contributed by atoms with Crippen LogP contribution in [-0.4, -0.2) is 16.4 Å². The Hall–Kier alpha value is -2.49. The largest absolute Gasteiger partial charge is 0.485 e. The first-order valence-electron chi connectivity index (χ1n) is 6.60. The third kappa shape index (κ3) is 2.32. The van der Waals surface area contributed by atoms with Crippen LogP contribution in [0.1, 0.15) is 11.4 Å². The van der Waals surface area contributed by atoms with Gasteiger partial charge in [0.1, 0.15) is 12.4 Å². The summed E-state index contributed by atoms with van der Waals surface area (Å²) in [4.78, 5) is 4.43. The summed E-state index contributed by atoms with van der Waals surface area (Å²) in [6, 6.07) is 12.1. The van der Waals surface area contributed by atoms with E-state index in [4.69, 9.17) is 4.74 Å². The Labute approximate surface area is 118 Å². The molecule has 1 N–H and O–H groups in total. The first kappa shape index (κ1) is 12.5. The molecule has 4 heteroatoms. The maximum Gasteiger partial charge on any atom is 0.151 e. The fraction of sp³-hybridized carbons (Fsp3) is 0.188. The second kappa shape index (κ2) is 5.25. The molecule has 3 rings (SSSR count). The molecule has 2 aromatic heterocycles. The number of para-hydroxylation sites is 1. The molecule has 0 spiro atoms. The SMILES string of the molecule is CNc1ccc2cnc(COc3ccccc3C)n2c1. The summed E-state index contributed by atoms with van der Waals surface area (Å²) in [6.07, 6.45) is 3.88. The van der Waals surface area contributed by atoms with Gasteiger partial charge in [0.25, 0.3) is 0 Å². The van der Waals surface area contributed by atoms with E-state index in [0.717, 1.165) is 28.3 Å². The Kier molecular flexibility index (Phi) is 3.29. The Morgan fingerprint density at radius 3 is 2.85 bits per heavy atom. The van der Waals surface area contributed by atoms with Crippen LogP contribution in [0.15, 0.2) is 48.8 Å². The summed E-state index contributed by atoms with van der Waals surface area (Å²) >= 11 is 0. The maximum atomic E-state index is 5.86. The molecule has 0 unspecified atom stereocenters. The zero-order valence-corrected chi connectivity index (χ0v) is 11.6. The molecule has 0 saturated carbocycles. The zero-order valence-electron chi connectivity index (χ0n) is 11.6. The van der Waals surface area contributed by atoms with E-state index in [1.807, 2.05) is 67.2 Å². The summed E-state index contributed by atoms with van der Waals surface area (Å²) in [5.41, 5.74) is 3.24. The first-order chi connectivity index (χ1) is 9.78. The van der Waals surface area contributed by atoms with Gasteiger partial charge in [0.15, 0.2) is 5.82 Å². The number of aromatic nitrogens is 2. The molecule has 0 radical (unpaired) electrons. The fourth-order valence-corrected chi connectivity index (χ4v) is 2.16. The lowest BCUT2D eigenvalue weighted by Gasteiger charge is -2.09. The average molecular weight is 267 g/mol. The van der Waals surface area contributed by atoms with E-state index in [1.54, 1.807) is 0 Å². The molecule has 0 aliphatic rings. The molecule has 20 heavy (non-hydrogen) atoms. The molecule has 2 heterocycles. The van der Waals surface area contributed by atoms with E-state index in [1.165, 1.54) is 0 Å². The number of hydrogen-bond acceptors (Lipinski definition) is 3. The lowest BCUT2D eigenvalue weighted by atomic mass is 10.2. The molecule has 4 nitrogen and oxygen atoms in total. The molecular weight excluding hydrogens is 250 g/mol. The minimum absolute atomic E-state index is 0.451. The van der Waals surface area contributed by atoms with Crippen molar-refractivity contribution in [1.82, 2.24) is 9.38 Å². The number of aryl methyl sites for hydroxylation is 1. The highest BCUT2D eigenvalue weighted by Crippen LogP contribution is 2.19. The first-order valence-corrected chi connectivity index (χ1v) is 6.60. The van der Waals surface area contributed by atoms with Gasteiger partial charge in [-0.2, -0.15) is 0 Å². The van der Waals surface area contributed by atoms with Crippen molar-refractivity contribution in [2.24, 2.45) is 0 Å². The van der Waals surface area contributed by atoms with Crippen molar-refractivity contribution in [3.05, 3.63) is 60.2 Å². The minimum Gasteiger partial charge on any atom is -0.485 e. The van der Waals surface area contributed by atoms with Crippen LogP contribution in [-0.2, 0) is 6.61 Å². The normalized spacial score (nSPS) is 10.7. The van der Waals surface area contributed by atoms with Gasteiger partial charge in [-0.25, -0.2) is 4.98 Å². The lowest BCUT2D eigenvalue weighted by Crippen LogP contribution is -2.02. The number of nitrogens with one attached hydrogen (secondary N) is 1. The van der Waals surface area contributed by atoms with Gasteiger partial charge in [0, 0.05) is 13.2 Å². The van der Waals surface area contributed by atoms with Crippen molar-refractivity contribution in [2.45, 2.75) is 13.5 Å². The second-order valence-electron chi connectivity index (χ2n) is 4.69. The number of fused-ring (bicyclic) bond motifs is 1. The van der Waals surface area contributed by atoms with E-state index in [0.29, 0.717) is 6.61 Å². The van der Waals surface area contributed by atoms with Gasteiger partial charge in [0.2, 0.25) is 0 Å². The number of nitrogens with zero attached hydrogens (tertiary/aromatic N) is 2. The van der Waals surface area contributed by atoms with Gasteiger partial charge < -0.3 is 10.1 Å². The monoisotopic (exact) mass is 267 g/mol. The van der Waals surface area contributed by atoms with Crippen molar-refractivity contribution in [3.8, 4) is 5.75 Å². The van der Waals surface area contributed by atoms with Gasteiger partial charge in [0.05, 0.1) is 17.4 Å². The molecule has 0 atom stereocenters. The Morgan fingerprint density at radius 2 is 2.05 bits per heavy atom. The van der Waals surface area contributed by atoms with E-state index in [-0.39, 0.29) is 0 Å². The van der Waals surface area contributed by atoms with Gasteiger partial charge in [-0.3, -0.25) is 4.40 Å². The summed E-state index contributed by atoms with van der Waals surface area (Å²) in [7, 11) is 1.90. The number of ether oxygens (including phenoxy) is 1. The van der Waals surface area contributed by atoms with Crippen LogP contribution in [0.5, 0.6) is 5.75 Å². The number of hydrogen-bond donors (Lipinski definition) is 1. The molecule has 102 valence electrons. The Balaban J connectivity index is 1.86. The minimum atomic E-state index is 0.451. The number of pyridine rings is 1. The molecule has 0 fully saturated rings. The van der Waals surface area contributed by atoms with Gasteiger partial charge in [-0.05, 0) is 30.7 Å². The van der Waals surface area contributed by atoms with Crippen LogP contribution >= 0.6 is 0 Å². The molecule has 1 aromatic carbocycles. The standard InChI is InChI=1S/C16H17N3O/c1-12-5-3-4-6-15(12)20-11-16-18-9-14-8-7-13(17-2)10-19(14)16/h3-10,17H,11H2,1-2H3. The van der Waals surface area contributed by atoms with Crippen LogP contribution in [0.3, 0.4) is 0 Å². The highest BCUT2D eigenvalue weighted by molar-refractivity contribution is 5.53. The maximum absolute atomic E-state index is 5.86. The highest BCUT2D eigenvalue weighted by atomic mass is 16.5. The van der Waals surface area contributed by atoms with E-state index >= 15 is 0 Å². The van der Waals surface area contributed by atoms with Gasteiger partial charge in [-0.15, -0.1) is 0 Å². The summed E-state index contributed by atoms with van der Waals surface area (Å²) in [6.45, 7) is 2.49. The topological polar surface area (TPSA) is 38.6 Å². The van der Waals surface area contributed by atoms with Crippen LogP contribution in [0.25, 0.3) is 5.52 Å². The van der Waals surface area contributed by atoms with Crippen LogP contribution in [0, 0.1) is 6.92 Å². The van der Waals surface area contributed by atoms with Crippen molar-refractivity contribution in [2.75, 3.05) is 12.4 Å². The molecule has 3 aromatic rings. The number of benzene rings is 1. The predicted octanol–water partition coefficient (Wildman–Crippen LogP) is 3.26. The molecular formula is C16H17N3O. The molecule has 0 bridgehead atoms.